The monoisotopic (exact) mass is 289 g/mol. The molecule has 0 aliphatic heterocycles. The Hall–Kier alpha value is -1.68. The molecule has 2 rings (SSSR count). The average Bonchev–Trinajstić information content (AvgIpc) is 2.77. The van der Waals surface area contributed by atoms with Crippen LogP contribution < -0.4 is 5.32 Å². The van der Waals surface area contributed by atoms with Gasteiger partial charge in [0.25, 0.3) is 0 Å². The minimum absolute atomic E-state index is 0.174. The molecule has 1 atom stereocenters. The van der Waals surface area contributed by atoms with Crippen molar-refractivity contribution < 1.29 is 4.39 Å². The van der Waals surface area contributed by atoms with Crippen molar-refractivity contribution in [3.63, 3.8) is 0 Å². The van der Waals surface area contributed by atoms with Gasteiger partial charge in [-0.3, -0.25) is 4.68 Å². The number of aryl methyl sites for hydroxylation is 2. The number of halogens is 1. The first-order valence-electron chi connectivity index (χ1n) is 7.49. The molecule has 1 N–H and O–H groups in total. The number of hydrogen-bond donors (Lipinski definition) is 1. The van der Waals surface area contributed by atoms with Crippen LogP contribution in [0.2, 0.25) is 0 Å². The summed E-state index contributed by atoms with van der Waals surface area (Å²) in [6.45, 7) is 7.16. The van der Waals surface area contributed by atoms with Gasteiger partial charge in [-0.05, 0) is 56.5 Å². The van der Waals surface area contributed by atoms with Crippen LogP contribution >= 0.6 is 0 Å². The Bertz CT molecular complexity index is 604. The fourth-order valence-electron chi connectivity index (χ4n) is 2.58. The summed E-state index contributed by atoms with van der Waals surface area (Å²) in [5.41, 5.74) is 4.56. The van der Waals surface area contributed by atoms with E-state index in [-0.39, 0.29) is 11.9 Å². The van der Waals surface area contributed by atoms with Crippen molar-refractivity contribution in [1.82, 2.24) is 15.1 Å². The minimum Gasteiger partial charge on any atom is -0.310 e. The van der Waals surface area contributed by atoms with Gasteiger partial charge in [-0.2, -0.15) is 5.10 Å². The highest BCUT2D eigenvalue weighted by molar-refractivity contribution is 5.30. The molecule has 4 heteroatoms. The molecule has 0 aliphatic carbocycles. The summed E-state index contributed by atoms with van der Waals surface area (Å²) >= 11 is 0. The van der Waals surface area contributed by atoms with Crippen molar-refractivity contribution in [1.29, 1.82) is 0 Å². The van der Waals surface area contributed by atoms with Crippen molar-refractivity contribution in [2.45, 2.75) is 39.7 Å². The zero-order valence-electron chi connectivity index (χ0n) is 13.3. The van der Waals surface area contributed by atoms with Gasteiger partial charge >= 0.3 is 0 Å². The van der Waals surface area contributed by atoms with Crippen LogP contribution in [0.25, 0.3) is 0 Å². The van der Waals surface area contributed by atoms with Crippen LogP contribution in [0.15, 0.2) is 24.4 Å². The van der Waals surface area contributed by atoms with Crippen LogP contribution in [0.5, 0.6) is 0 Å². The quantitative estimate of drug-likeness (QED) is 0.882. The topological polar surface area (TPSA) is 29.9 Å². The van der Waals surface area contributed by atoms with Crippen LogP contribution in [-0.2, 0) is 13.5 Å². The summed E-state index contributed by atoms with van der Waals surface area (Å²) in [7, 11) is 1.96. The molecule has 0 saturated carbocycles. The van der Waals surface area contributed by atoms with E-state index in [4.69, 9.17) is 0 Å². The largest absolute Gasteiger partial charge is 0.310 e. The summed E-state index contributed by atoms with van der Waals surface area (Å²) < 4.78 is 15.1. The molecule has 0 saturated heterocycles. The van der Waals surface area contributed by atoms with Gasteiger partial charge in [-0.15, -0.1) is 0 Å². The Morgan fingerprint density at radius 3 is 2.67 bits per heavy atom. The van der Waals surface area contributed by atoms with Crippen LogP contribution in [0.4, 0.5) is 4.39 Å². The van der Waals surface area contributed by atoms with Gasteiger partial charge in [0.15, 0.2) is 0 Å². The van der Waals surface area contributed by atoms with E-state index in [1.807, 2.05) is 30.9 Å². The summed E-state index contributed by atoms with van der Waals surface area (Å²) in [4.78, 5) is 0. The minimum atomic E-state index is -0.174. The molecule has 1 aromatic carbocycles. The summed E-state index contributed by atoms with van der Waals surface area (Å²) in [5.74, 6) is -0.174. The van der Waals surface area contributed by atoms with E-state index < -0.39 is 0 Å². The third kappa shape index (κ3) is 3.70. The van der Waals surface area contributed by atoms with Gasteiger partial charge < -0.3 is 5.32 Å². The zero-order chi connectivity index (χ0) is 15.4. The zero-order valence-corrected chi connectivity index (χ0v) is 13.3. The van der Waals surface area contributed by atoms with Gasteiger partial charge in [-0.1, -0.05) is 13.0 Å². The Kier molecular flexibility index (Phi) is 5.12. The third-order valence-corrected chi connectivity index (χ3v) is 4.02. The molecule has 0 fully saturated rings. The van der Waals surface area contributed by atoms with E-state index in [9.17, 15) is 4.39 Å². The molecule has 1 unspecified atom stereocenters. The van der Waals surface area contributed by atoms with Crippen molar-refractivity contribution in [3.8, 4) is 0 Å². The fraction of sp³-hybridized carbons (Fsp3) is 0.471. The van der Waals surface area contributed by atoms with Crippen LogP contribution in [-0.4, -0.2) is 16.3 Å². The Morgan fingerprint density at radius 2 is 2.10 bits per heavy atom. The fourth-order valence-corrected chi connectivity index (χ4v) is 2.58. The maximum atomic E-state index is 13.2. The van der Waals surface area contributed by atoms with Crippen molar-refractivity contribution >= 4 is 0 Å². The first-order chi connectivity index (χ1) is 10.0. The number of benzene rings is 1. The van der Waals surface area contributed by atoms with Gasteiger partial charge in [-0.25, -0.2) is 4.39 Å². The molecule has 0 amide bonds. The van der Waals surface area contributed by atoms with Crippen LogP contribution in [0, 0.1) is 19.7 Å². The lowest BCUT2D eigenvalue weighted by atomic mass is 9.96. The Balaban J connectivity index is 2.26. The molecule has 3 nitrogen and oxygen atoms in total. The molecular weight excluding hydrogens is 265 g/mol. The molecule has 0 aliphatic rings. The van der Waals surface area contributed by atoms with Crippen molar-refractivity contribution in [3.05, 3.63) is 52.6 Å². The summed E-state index contributed by atoms with van der Waals surface area (Å²) in [5, 5.41) is 7.92. The summed E-state index contributed by atoms with van der Waals surface area (Å²) in [6.07, 6.45) is 3.86. The number of aromatic nitrogens is 2. The summed E-state index contributed by atoms with van der Waals surface area (Å²) in [6, 6.07) is 5.23. The molecule has 1 heterocycles. The smallest absolute Gasteiger partial charge is 0.123 e. The lowest BCUT2D eigenvalue weighted by molar-refractivity contribution is 0.524. The number of hydrogen-bond acceptors (Lipinski definition) is 2. The van der Waals surface area contributed by atoms with Crippen LogP contribution in [0.1, 0.15) is 41.8 Å². The number of nitrogens with one attached hydrogen (secondary N) is 1. The maximum absolute atomic E-state index is 13.2. The predicted octanol–water partition coefficient (Wildman–Crippen LogP) is 3.46. The highest BCUT2D eigenvalue weighted by atomic mass is 19.1. The lowest BCUT2D eigenvalue weighted by Crippen LogP contribution is -2.25. The highest BCUT2D eigenvalue weighted by Crippen LogP contribution is 2.23. The lowest BCUT2D eigenvalue weighted by Gasteiger charge is -2.20. The molecule has 21 heavy (non-hydrogen) atoms. The molecule has 0 bridgehead atoms. The normalized spacial score (nSPS) is 12.6. The SMILES string of the molecule is CCCNC(Cc1ccc(F)cc1C)c1cnn(C)c1C. The van der Waals surface area contributed by atoms with Crippen LogP contribution in [0.3, 0.4) is 0 Å². The van der Waals surface area contributed by atoms with E-state index in [0.29, 0.717) is 0 Å². The van der Waals surface area contributed by atoms with Gasteiger partial charge in [0.2, 0.25) is 0 Å². The van der Waals surface area contributed by atoms with E-state index >= 15 is 0 Å². The maximum Gasteiger partial charge on any atom is 0.123 e. The Labute approximate surface area is 126 Å². The van der Waals surface area contributed by atoms with E-state index in [2.05, 4.69) is 24.3 Å². The predicted molar refractivity (Wildman–Crippen MR) is 83.8 cm³/mol. The number of nitrogens with zero attached hydrogens (tertiary/aromatic N) is 2. The Morgan fingerprint density at radius 1 is 1.33 bits per heavy atom. The molecule has 0 radical (unpaired) electrons. The molecule has 2 aromatic rings. The van der Waals surface area contributed by atoms with Crippen molar-refractivity contribution in [2.75, 3.05) is 6.54 Å². The second-order valence-electron chi connectivity index (χ2n) is 5.59. The van der Waals surface area contributed by atoms with E-state index in [1.165, 1.54) is 22.9 Å². The highest BCUT2D eigenvalue weighted by Gasteiger charge is 2.17. The average molecular weight is 289 g/mol. The molecule has 114 valence electrons. The first-order valence-corrected chi connectivity index (χ1v) is 7.49. The van der Waals surface area contributed by atoms with E-state index in [0.717, 1.165) is 24.9 Å². The van der Waals surface area contributed by atoms with Gasteiger partial charge in [0, 0.05) is 24.3 Å². The van der Waals surface area contributed by atoms with Gasteiger partial charge in [0.1, 0.15) is 5.82 Å². The number of rotatable bonds is 6. The standard InChI is InChI=1S/C17H24FN3/c1-5-8-19-17(16-11-20-21(4)13(16)3)10-14-6-7-15(18)9-12(14)2/h6-7,9,11,17,19H,5,8,10H2,1-4H3. The van der Waals surface area contributed by atoms with Gasteiger partial charge in [0.05, 0.1) is 6.20 Å². The third-order valence-electron chi connectivity index (χ3n) is 4.02. The van der Waals surface area contributed by atoms with E-state index in [1.54, 1.807) is 6.07 Å². The first kappa shape index (κ1) is 15.7. The van der Waals surface area contributed by atoms with Crippen molar-refractivity contribution in [2.24, 2.45) is 7.05 Å². The molecule has 0 spiro atoms. The second kappa shape index (κ2) is 6.85. The molecule has 1 aromatic heterocycles. The second-order valence-corrected chi connectivity index (χ2v) is 5.59. The molecular formula is C17H24FN3.